The molecule has 4 aromatic rings. The summed E-state index contributed by atoms with van der Waals surface area (Å²) in [5.41, 5.74) is 3.11. The number of hydrogen-bond donors (Lipinski definition) is 0. The maximum atomic E-state index is 4.59. The molecule has 0 bridgehead atoms. The van der Waals surface area contributed by atoms with Gasteiger partial charge in [0.15, 0.2) is 17.5 Å². The zero-order valence-corrected chi connectivity index (χ0v) is 13.9. The van der Waals surface area contributed by atoms with Crippen LogP contribution in [0.25, 0.3) is 16.9 Å². The van der Waals surface area contributed by atoms with Crippen LogP contribution in [0.2, 0.25) is 0 Å². The Morgan fingerprint density at radius 2 is 1.92 bits per heavy atom. The SMILES string of the molecule is Cc1cc2c(N3CCn4c(nnc4-c4ccccc4)C3)nccn2n1. The normalized spacial score (nSPS) is 14.0. The Kier molecular flexibility index (Phi) is 3.06. The summed E-state index contributed by atoms with van der Waals surface area (Å²) in [7, 11) is 0. The van der Waals surface area contributed by atoms with Crippen molar-refractivity contribution in [2.24, 2.45) is 0 Å². The molecule has 0 saturated heterocycles. The number of benzene rings is 1. The Morgan fingerprint density at radius 1 is 1.04 bits per heavy atom. The van der Waals surface area contributed by atoms with Crippen molar-refractivity contribution in [3.05, 3.63) is 60.3 Å². The Labute approximate surface area is 144 Å². The highest BCUT2D eigenvalue weighted by Crippen LogP contribution is 2.26. The zero-order valence-electron chi connectivity index (χ0n) is 13.9. The molecule has 0 radical (unpaired) electrons. The summed E-state index contributed by atoms with van der Waals surface area (Å²) in [6.45, 7) is 4.39. The van der Waals surface area contributed by atoms with Crippen LogP contribution in [-0.2, 0) is 13.1 Å². The number of fused-ring (bicyclic) bond motifs is 2. The van der Waals surface area contributed by atoms with E-state index >= 15 is 0 Å². The molecule has 0 saturated carbocycles. The molecule has 0 unspecified atom stereocenters. The highest BCUT2D eigenvalue weighted by Gasteiger charge is 2.24. The molecule has 25 heavy (non-hydrogen) atoms. The van der Waals surface area contributed by atoms with Crippen LogP contribution >= 0.6 is 0 Å². The average Bonchev–Trinajstić information content (AvgIpc) is 3.24. The number of hydrogen-bond acceptors (Lipinski definition) is 5. The van der Waals surface area contributed by atoms with Gasteiger partial charge in [0.1, 0.15) is 5.52 Å². The van der Waals surface area contributed by atoms with Crippen LogP contribution in [0.5, 0.6) is 0 Å². The molecule has 0 amide bonds. The molecule has 0 N–H and O–H groups in total. The molecule has 5 rings (SSSR count). The van der Waals surface area contributed by atoms with E-state index < -0.39 is 0 Å². The fourth-order valence-electron chi connectivity index (χ4n) is 3.41. The number of aryl methyl sites for hydroxylation is 1. The first-order valence-corrected chi connectivity index (χ1v) is 8.33. The van der Waals surface area contributed by atoms with E-state index in [1.54, 1.807) is 6.20 Å². The van der Waals surface area contributed by atoms with Gasteiger partial charge in [0, 0.05) is 31.0 Å². The van der Waals surface area contributed by atoms with Crippen molar-refractivity contribution >= 4 is 11.3 Å². The molecule has 7 heteroatoms. The van der Waals surface area contributed by atoms with Gasteiger partial charge in [-0.2, -0.15) is 5.10 Å². The summed E-state index contributed by atoms with van der Waals surface area (Å²) >= 11 is 0. The first-order valence-electron chi connectivity index (χ1n) is 8.33. The molecule has 0 aliphatic carbocycles. The van der Waals surface area contributed by atoms with Gasteiger partial charge in [-0.05, 0) is 13.0 Å². The van der Waals surface area contributed by atoms with Gasteiger partial charge >= 0.3 is 0 Å². The van der Waals surface area contributed by atoms with Crippen LogP contribution in [-0.4, -0.2) is 35.9 Å². The monoisotopic (exact) mass is 331 g/mol. The molecule has 1 aliphatic heterocycles. The predicted molar refractivity (Wildman–Crippen MR) is 94.2 cm³/mol. The standard InChI is InChI=1S/C18H17N7/c1-13-11-15-18(19-7-8-25(15)22-13)23-9-10-24-16(12-23)20-21-17(24)14-5-3-2-4-6-14/h2-8,11H,9-10,12H2,1H3. The molecule has 3 aromatic heterocycles. The van der Waals surface area contributed by atoms with Crippen molar-refractivity contribution in [1.82, 2.24) is 29.4 Å². The number of rotatable bonds is 2. The van der Waals surface area contributed by atoms with Crippen LogP contribution in [0.4, 0.5) is 5.82 Å². The van der Waals surface area contributed by atoms with Gasteiger partial charge in [0.05, 0.1) is 12.2 Å². The van der Waals surface area contributed by atoms with E-state index in [0.717, 1.165) is 47.3 Å². The summed E-state index contributed by atoms with van der Waals surface area (Å²) in [5.74, 6) is 2.84. The van der Waals surface area contributed by atoms with Crippen LogP contribution in [0.1, 0.15) is 11.5 Å². The van der Waals surface area contributed by atoms with Gasteiger partial charge in [0.2, 0.25) is 0 Å². The molecular weight excluding hydrogens is 314 g/mol. The predicted octanol–water partition coefficient (Wildman–Crippen LogP) is 2.32. The Hall–Kier alpha value is -3.22. The molecule has 124 valence electrons. The minimum atomic E-state index is 0.691. The first kappa shape index (κ1) is 14.2. The second-order valence-electron chi connectivity index (χ2n) is 6.25. The number of aromatic nitrogens is 6. The number of nitrogens with zero attached hydrogens (tertiary/aromatic N) is 7. The van der Waals surface area contributed by atoms with E-state index in [1.807, 2.05) is 35.8 Å². The van der Waals surface area contributed by atoms with E-state index in [9.17, 15) is 0 Å². The quantitative estimate of drug-likeness (QED) is 0.564. The molecule has 4 heterocycles. The molecule has 7 nitrogen and oxygen atoms in total. The number of anilines is 1. The summed E-state index contributed by atoms with van der Waals surface area (Å²) in [5, 5.41) is 13.3. The maximum Gasteiger partial charge on any atom is 0.164 e. The van der Waals surface area contributed by atoms with Crippen molar-refractivity contribution in [2.45, 2.75) is 20.0 Å². The third kappa shape index (κ3) is 2.27. The van der Waals surface area contributed by atoms with Gasteiger partial charge in [-0.15, -0.1) is 10.2 Å². The van der Waals surface area contributed by atoms with E-state index in [4.69, 9.17) is 0 Å². The molecule has 1 aromatic carbocycles. The summed E-state index contributed by atoms with van der Waals surface area (Å²) in [6.07, 6.45) is 3.68. The summed E-state index contributed by atoms with van der Waals surface area (Å²) < 4.78 is 4.08. The van der Waals surface area contributed by atoms with Crippen molar-refractivity contribution < 1.29 is 0 Å². The van der Waals surface area contributed by atoms with Crippen molar-refractivity contribution in [3.63, 3.8) is 0 Å². The molecule has 0 fully saturated rings. The fraction of sp³-hybridized carbons (Fsp3) is 0.222. The zero-order chi connectivity index (χ0) is 16.8. The lowest BCUT2D eigenvalue weighted by Gasteiger charge is -2.29. The molecular formula is C18H17N7. The second kappa shape index (κ2) is 5.41. The Bertz CT molecular complexity index is 1050. The lowest BCUT2D eigenvalue weighted by Crippen LogP contribution is -2.34. The average molecular weight is 331 g/mol. The minimum absolute atomic E-state index is 0.691. The van der Waals surface area contributed by atoms with Gasteiger partial charge < -0.3 is 9.47 Å². The van der Waals surface area contributed by atoms with Crippen molar-refractivity contribution in [3.8, 4) is 11.4 Å². The van der Waals surface area contributed by atoms with Crippen LogP contribution in [0, 0.1) is 6.92 Å². The first-order chi connectivity index (χ1) is 12.3. The smallest absolute Gasteiger partial charge is 0.164 e. The summed E-state index contributed by atoms with van der Waals surface area (Å²) in [4.78, 5) is 6.83. The largest absolute Gasteiger partial charge is 0.345 e. The second-order valence-corrected chi connectivity index (χ2v) is 6.25. The molecule has 1 aliphatic rings. The third-order valence-electron chi connectivity index (χ3n) is 4.58. The van der Waals surface area contributed by atoms with E-state index in [-0.39, 0.29) is 0 Å². The highest BCUT2D eigenvalue weighted by molar-refractivity contribution is 5.69. The summed E-state index contributed by atoms with van der Waals surface area (Å²) in [6, 6.07) is 12.3. The third-order valence-corrected chi connectivity index (χ3v) is 4.58. The lowest BCUT2D eigenvalue weighted by molar-refractivity contribution is 0.560. The molecule has 0 spiro atoms. The van der Waals surface area contributed by atoms with Gasteiger partial charge in [-0.1, -0.05) is 30.3 Å². The van der Waals surface area contributed by atoms with Crippen LogP contribution in [0.3, 0.4) is 0 Å². The minimum Gasteiger partial charge on any atom is -0.345 e. The molecule has 0 atom stereocenters. The maximum absolute atomic E-state index is 4.59. The van der Waals surface area contributed by atoms with Crippen molar-refractivity contribution in [1.29, 1.82) is 0 Å². The van der Waals surface area contributed by atoms with Gasteiger partial charge in [-0.3, -0.25) is 0 Å². The topological polar surface area (TPSA) is 64.1 Å². The van der Waals surface area contributed by atoms with E-state index in [2.05, 4.69) is 47.9 Å². The van der Waals surface area contributed by atoms with Gasteiger partial charge in [0.25, 0.3) is 0 Å². The Balaban J connectivity index is 1.52. The van der Waals surface area contributed by atoms with E-state index in [1.165, 1.54) is 0 Å². The Morgan fingerprint density at radius 3 is 2.80 bits per heavy atom. The van der Waals surface area contributed by atoms with E-state index in [0.29, 0.717) is 6.54 Å². The van der Waals surface area contributed by atoms with Crippen molar-refractivity contribution in [2.75, 3.05) is 11.4 Å². The van der Waals surface area contributed by atoms with Crippen LogP contribution < -0.4 is 4.90 Å². The van der Waals surface area contributed by atoms with Gasteiger partial charge in [-0.25, -0.2) is 9.50 Å². The fourth-order valence-corrected chi connectivity index (χ4v) is 3.41. The van der Waals surface area contributed by atoms with Crippen LogP contribution in [0.15, 0.2) is 48.8 Å². The highest BCUT2D eigenvalue weighted by atomic mass is 15.4. The lowest BCUT2D eigenvalue weighted by atomic mass is 10.2.